The molecular formula is C8H12N2O2S. The van der Waals surface area contributed by atoms with E-state index >= 15 is 0 Å². The fourth-order valence-electron chi connectivity index (χ4n) is 0.960. The van der Waals surface area contributed by atoms with Crippen LogP contribution in [0.2, 0.25) is 0 Å². The summed E-state index contributed by atoms with van der Waals surface area (Å²) in [6, 6.07) is 0. The van der Waals surface area contributed by atoms with E-state index in [4.69, 9.17) is 5.11 Å². The Balaban J connectivity index is 2.65. The molecule has 0 atom stereocenters. The Morgan fingerprint density at radius 2 is 2.31 bits per heavy atom. The highest BCUT2D eigenvalue weighted by Crippen LogP contribution is 2.14. The summed E-state index contributed by atoms with van der Waals surface area (Å²) in [7, 11) is 0. The smallest absolute Gasteiger partial charge is 0.349 e. The van der Waals surface area contributed by atoms with Crippen molar-refractivity contribution in [2.75, 3.05) is 0 Å². The lowest BCUT2D eigenvalue weighted by Crippen LogP contribution is -2.00. The zero-order valence-electron chi connectivity index (χ0n) is 7.65. The van der Waals surface area contributed by atoms with E-state index in [1.807, 2.05) is 0 Å². The van der Waals surface area contributed by atoms with Crippen molar-refractivity contribution in [3.8, 4) is 0 Å². The zero-order valence-corrected chi connectivity index (χ0v) is 8.47. The molecule has 0 spiro atoms. The lowest BCUT2D eigenvalue weighted by atomic mass is 10.1. The molecule has 13 heavy (non-hydrogen) atoms. The van der Waals surface area contributed by atoms with Gasteiger partial charge in [-0.15, -0.1) is 5.10 Å². The highest BCUT2D eigenvalue weighted by molar-refractivity contribution is 7.07. The topological polar surface area (TPSA) is 63.1 Å². The summed E-state index contributed by atoms with van der Waals surface area (Å²) in [5, 5.41) is 12.5. The molecule has 0 aromatic carbocycles. The minimum Gasteiger partial charge on any atom is -0.477 e. The molecule has 1 rings (SSSR count). The lowest BCUT2D eigenvalue weighted by molar-refractivity contribution is 0.0700. The molecule has 0 bridgehead atoms. The third-order valence-electron chi connectivity index (χ3n) is 1.71. The van der Waals surface area contributed by atoms with Gasteiger partial charge in [-0.1, -0.05) is 18.3 Å². The normalized spacial score (nSPS) is 10.7. The number of carboxylic acid groups (broad SMARTS) is 1. The molecule has 0 saturated heterocycles. The summed E-state index contributed by atoms with van der Waals surface area (Å²) in [6.45, 7) is 4.19. The molecule has 0 fully saturated rings. The second-order valence-electron chi connectivity index (χ2n) is 3.29. The quantitative estimate of drug-likeness (QED) is 0.805. The maximum Gasteiger partial charge on any atom is 0.349 e. The molecule has 0 aliphatic heterocycles. The van der Waals surface area contributed by atoms with Crippen LogP contribution in [0, 0.1) is 5.92 Å². The lowest BCUT2D eigenvalue weighted by Gasteiger charge is -2.01. The molecule has 72 valence electrons. The Morgan fingerprint density at radius 3 is 2.85 bits per heavy atom. The molecule has 4 nitrogen and oxygen atoms in total. The van der Waals surface area contributed by atoms with Crippen molar-refractivity contribution in [1.29, 1.82) is 0 Å². The largest absolute Gasteiger partial charge is 0.477 e. The third-order valence-corrected chi connectivity index (χ3v) is 2.46. The molecule has 5 heteroatoms. The van der Waals surface area contributed by atoms with Gasteiger partial charge in [-0.25, -0.2) is 4.79 Å². The Bertz CT molecular complexity index is 296. The first kappa shape index (κ1) is 10.1. The number of nitrogens with zero attached hydrogens (tertiary/aromatic N) is 2. The van der Waals surface area contributed by atoms with E-state index in [0.717, 1.165) is 18.0 Å². The van der Waals surface area contributed by atoms with Crippen molar-refractivity contribution in [3.05, 3.63) is 10.6 Å². The summed E-state index contributed by atoms with van der Waals surface area (Å²) in [6.07, 6.45) is 1.65. The van der Waals surface area contributed by atoms with Crippen LogP contribution in [0.15, 0.2) is 0 Å². The van der Waals surface area contributed by atoms with E-state index in [2.05, 4.69) is 23.4 Å². The highest BCUT2D eigenvalue weighted by Gasteiger charge is 2.14. The molecule has 0 amide bonds. The van der Waals surface area contributed by atoms with Gasteiger partial charge in [-0.05, 0) is 30.3 Å². The average Bonchev–Trinajstić information content (AvgIpc) is 2.47. The predicted octanol–water partition coefficient (Wildman–Crippen LogP) is 1.82. The average molecular weight is 200 g/mol. The first-order valence-electron chi connectivity index (χ1n) is 4.15. The van der Waals surface area contributed by atoms with Crippen molar-refractivity contribution in [1.82, 2.24) is 9.59 Å². The van der Waals surface area contributed by atoms with Crippen LogP contribution in [0.5, 0.6) is 0 Å². The van der Waals surface area contributed by atoms with Crippen molar-refractivity contribution < 1.29 is 9.90 Å². The van der Waals surface area contributed by atoms with Gasteiger partial charge in [-0.2, -0.15) is 0 Å². The Morgan fingerprint density at radius 1 is 1.62 bits per heavy atom. The zero-order chi connectivity index (χ0) is 9.84. The fourth-order valence-corrected chi connectivity index (χ4v) is 1.51. The summed E-state index contributed by atoms with van der Waals surface area (Å²) < 4.78 is 3.63. The molecule has 1 N–H and O–H groups in total. The van der Waals surface area contributed by atoms with Gasteiger partial charge >= 0.3 is 5.97 Å². The number of aromatic carboxylic acids is 1. The number of aromatic nitrogens is 2. The van der Waals surface area contributed by atoms with Crippen LogP contribution in [0.25, 0.3) is 0 Å². The number of carbonyl (C=O) groups is 1. The number of hydrogen-bond acceptors (Lipinski definition) is 4. The molecule has 0 aliphatic rings. The van der Waals surface area contributed by atoms with E-state index in [-0.39, 0.29) is 4.88 Å². The Kier molecular flexibility index (Phi) is 3.36. The van der Waals surface area contributed by atoms with Gasteiger partial charge in [0.15, 0.2) is 4.88 Å². The molecule has 0 radical (unpaired) electrons. The van der Waals surface area contributed by atoms with Crippen LogP contribution in [-0.2, 0) is 6.42 Å². The maximum atomic E-state index is 10.7. The summed E-state index contributed by atoms with van der Waals surface area (Å²) >= 11 is 0.949. The standard InChI is InChI=1S/C8H12N2O2S/c1-5(2)3-4-6-7(8(11)12)13-10-9-6/h5H,3-4H2,1-2H3,(H,11,12). The van der Waals surface area contributed by atoms with Gasteiger partial charge < -0.3 is 5.11 Å². The van der Waals surface area contributed by atoms with E-state index in [1.54, 1.807) is 0 Å². The molecule has 1 heterocycles. The molecule has 0 saturated carbocycles. The van der Waals surface area contributed by atoms with Gasteiger partial charge in [0, 0.05) is 0 Å². The summed E-state index contributed by atoms with van der Waals surface area (Å²) in [5.74, 6) is -0.364. The predicted molar refractivity (Wildman–Crippen MR) is 50.0 cm³/mol. The van der Waals surface area contributed by atoms with Crippen molar-refractivity contribution >= 4 is 17.5 Å². The van der Waals surface area contributed by atoms with Crippen LogP contribution < -0.4 is 0 Å². The minimum atomic E-state index is -0.922. The second-order valence-corrected chi connectivity index (χ2v) is 4.04. The first-order chi connectivity index (χ1) is 6.11. The van der Waals surface area contributed by atoms with Crippen LogP contribution in [0.3, 0.4) is 0 Å². The van der Waals surface area contributed by atoms with Crippen LogP contribution in [0.1, 0.15) is 35.6 Å². The van der Waals surface area contributed by atoms with Crippen LogP contribution in [0.4, 0.5) is 0 Å². The number of aryl methyl sites for hydroxylation is 1. The van der Waals surface area contributed by atoms with Crippen molar-refractivity contribution in [2.24, 2.45) is 5.92 Å². The molecule has 0 unspecified atom stereocenters. The number of rotatable bonds is 4. The van der Waals surface area contributed by atoms with Gasteiger partial charge in [0.2, 0.25) is 0 Å². The van der Waals surface area contributed by atoms with E-state index in [0.29, 0.717) is 18.0 Å². The fraction of sp³-hybridized carbons (Fsp3) is 0.625. The SMILES string of the molecule is CC(C)CCc1nnsc1C(=O)O. The maximum absolute atomic E-state index is 10.7. The van der Waals surface area contributed by atoms with E-state index < -0.39 is 5.97 Å². The van der Waals surface area contributed by atoms with Gasteiger partial charge in [0.1, 0.15) is 0 Å². The van der Waals surface area contributed by atoms with E-state index in [9.17, 15) is 4.79 Å². The second kappa shape index (κ2) is 4.32. The van der Waals surface area contributed by atoms with Gasteiger partial charge in [0.25, 0.3) is 0 Å². The number of carboxylic acids is 1. The third kappa shape index (κ3) is 2.77. The summed E-state index contributed by atoms with van der Waals surface area (Å²) in [5.41, 5.74) is 0.617. The van der Waals surface area contributed by atoms with Crippen molar-refractivity contribution in [3.63, 3.8) is 0 Å². The monoisotopic (exact) mass is 200 g/mol. The van der Waals surface area contributed by atoms with Gasteiger partial charge in [-0.3, -0.25) is 0 Å². The van der Waals surface area contributed by atoms with E-state index in [1.165, 1.54) is 0 Å². The molecule has 1 aromatic rings. The molecular weight excluding hydrogens is 188 g/mol. The van der Waals surface area contributed by atoms with Crippen LogP contribution in [-0.4, -0.2) is 20.7 Å². The first-order valence-corrected chi connectivity index (χ1v) is 4.93. The highest BCUT2D eigenvalue weighted by atomic mass is 32.1. The molecule has 0 aliphatic carbocycles. The van der Waals surface area contributed by atoms with Gasteiger partial charge in [0.05, 0.1) is 5.69 Å². The minimum absolute atomic E-state index is 0.278. The van der Waals surface area contributed by atoms with Crippen molar-refractivity contribution in [2.45, 2.75) is 26.7 Å². The number of hydrogen-bond donors (Lipinski definition) is 1. The molecule has 1 aromatic heterocycles. The summed E-state index contributed by atoms with van der Waals surface area (Å²) in [4.78, 5) is 10.9. The Hall–Kier alpha value is -0.970. The Labute approximate surface area is 80.8 Å². The van der Waals surface area contributed by atoms with Crippen LogP contribution >= 0.6 is 11.5 Å².